The van der Waals surface area contributed by atoms with Crippen molar-refractivity contribution in [2.24, 2.45) is 10.8 Å². The Morgan fingerprint density at radius 2 is 1.80 bits per heavy atom. The molecule has 2 heteroatoms. The van der Waals surface area contributed by atoms with Crippen LogP contribution in [0.3, 0.4) is 0 Å². The Hall–Kier alpha value is -0.790. The molecule has 0 fully saturated rings. The van der Waals surface area contributed by atoms with E-state index in [0.717, 1.165) is 12.8 Å². The lowest BCUT2D eigenvalue weighted by Crippen LogP contribution is -2.30. The van der Waals surface area contributed by atoms with E-state index in [2.05, 4.69) is 32.9 Å². The van der Waals surface area contributed by atoms with Crippen molar-refractivity contribution in [3.8, 4) is 0 Å². The van der Waals surface area contributed by atoms with Crippen LogP contribution in [0.2, 0.25) is 0 Å². The molecule has 0 aromatic carbocycles. The molecule has 15 heavy (non-hydrogen) atoms. The van der Waals surface area contributed by atoms with Gasteiger partial charge in [0.15, 0.2) is 0 Å². The SMILES string of the molecule is CC/C=C/C(C)(C)CC(C)(C)C(=O)OC. The lowest BCUT2D eigenvalue weighted by molar-refractivity contribution is -0.152. The summed E-state index contributed by atoms with van der Waals surface area (Å²) in [6.07, 6.45) is 6.15. The Kier molecular flexibility index (Phi) is 5.06. The minimum absolute atomic E-state index is 0.0354. The van der Waals surface area contributed by atoms with Gasteiger partial charge in [-0.3, -0.25) is 4.79 Å². The smallest absolute Gasteiger partial charge is 0.311 e. The van der Waals surface area contributed by atoms with Gasteiger partial charge in [0, 0.05) is 0 Å². The van der Waals surface area contributed by atoms with Crippen LogP contribution in [0, 0.1) is 10.8 Å². The Morgan fingerprint density at radius 1 is 1.27 bits per heavy atom. The highest BCUT2D eigenvalue weighted by atomic mass is 16.5. The van der Waals surface area contributed by atoms with Gasteiger partial charge < -0.3 is 4.74 Å². The number of carbonyl (C=O) groups excluding carboxylic acids is 1. The summed E-state index contributed by atoms with van der Waals surface area (Å²) in [5.74, 6) is -0.138. The van der Waals surface area contributed by atoms with Gasteiger partial charge in [-0.05, 0) is 32.1 Å². The fourth-order valence-electron chi connectivity index (χ4n) is 1.98. The Morgan fingerprint density at radius 3 is 2.20 bits per heavy atom. The van der Waals surface area contributed by atoms with Crippen molar-refractivity contribution in [3.63, 3.8) is 0 Å². The van der Waals surface area contributed by atoms with Crippen LogP contribution in [0.15, 0.2) is 12.2 Å². The van der Waals surface area contributed by atoms with Gasteiger partial charge in [0.2, 0.25) is 0 Å². The number of carbonyl (C=O) groups is 1. The molecule has 0 saturated heterocycles. The van der Waals surface area contributed by atoms with Gasteiger partial charge in [-0.15, -0.1) is 0 Å². The first-order valence-corrected chi connectivity index (χ1v) is 5.51. The summed E-state index contributed by atoms with van der Waals surface area (Å²) in [6, 6.07) is 0. The summed E-state index contributed by atoms with van der Waals surface area (Å²) in [6.45, 7) is 10.3. The van der Waals surface area contributed by atoms with Gasteiger partial charge in [-0.2, -0.15) is 0 Å². The van der Waals surface area contributed by atoms with Crippen molar-refractivity contribution < 1.29 is 9.53 Å². The minimum Gasteiger partial charge on any atom is -0.469 e. The molecule has 0 amide bonds. The molecule has 0 atom stereocenters. The highest BCUT2D eigenvalue weighted by Gasteiger charge is 2.34. The fraction of sp³-hybridized carbons (Fsp3) is 0.769. The second-order valence-corrected chi connectivity index (χ2v) is 5.35. The Balaban J connectivity index is 4.56. The van der Waals surface area contributed by atoms with Crippen molar-refractivity contribution in [2.75, 3.05) is 7.11 Å². The number of hydrogen-bond donors (Lipinski definition) is 0. The molecule has 0 aliphatic carbocycles. The lowest BCUT2D eigenvalue weighted by Gasteiger charge is -2.30. The van der Waals surface area contributed by atoms with Gasteiger partial charge in [0.25, 0.3) is 0 Å². The second-order valence-electron chi connectivity index (χ2n) is 5.35. The van der Waals surface area contributed by atoms with Crippen LogP contribution in [0.4, 0.5) is 0 Å². The predicted octanol–water partition coefficient (Wildman–Crippen LogP) is 3.57. The largest absolute Gasteiger partial charge is 0.469 e. The molecular formula is C13H24O2. The second kappa shape index (κ2) is 5.34. The van der Waals surface area contributed by atoms with Gasteiger partial charge in [-0.1, -0.05) is 32.9 Å². The van der Waals surface area contributed by atoms with Crippen LogP contribution in [0.5, 0.6) is 0 Å². The van der Waals surface area contributed by atoms with E-state index in [1.54, 1.807) is 0 Å². The zero-order valence-electron chi connectivity index (χ0n) is 10.9. The number of allylic oxidation sites excluding steroid dienone is 2. The quantitative estimate of drug-likeness (QED) is 0.514. The molecule has 0 aliphatic rings. The number of rotatable bonds is 5. The zero-order valence-corrected chi connectivity index (χ0v) is 10.9. The molecule has 2 nitrogen and oxygen atoms in total. The maximum absolute atomic E-state index is 11.5. The third kappa shape index (κ3) is 5.01. The van der Waals surface area contributed by atoms with Gasteiger partial charge in [0.05, 0.1) is 12.5 Å². The maximum atomic E-state index is 11.5. The molecular weight excluding hydrogens is 188 g/mol. The molecule has 0 unspecified atom stereocenters. The number of ether oxygens (including phenoxy) is 1. The third-order valence-corrected chi connectivity index (χ3v) is 2.44. The summed E-state index contributed by atoms with van der Waals surface area (Å²) in [5, 5.41) is 0. The van der Waals surface area contributed by atoms with E-state index in [-0.39, 0.29) is 11.4 Å². The summed E-state index contributed by atoms with van der Waals surface area (Å²) >= 11 is 0. The van der Waals surface area contributed by atoms with Crippen molar-refractivity contribution in [1.82, 2.24) is 0 Å². The van der Waals surface area contributed by atoms with E-state index in [4.69, 9.17) is 4.74 Å². The van der Waals surface area contributed by atoms with Crippen LogP contribution in [-0.2, 0) is 9.53 Å². The average Bonchev–Trinajstić information content (AvgIpc) is 2.11. The van der Waals surface area contributed by atoms with Gasteiger partial charge >= 0.3 is 5.97 Å². The van der Waals surface area contributed by atoms with Crippen LogP contribution in [0.1, 0.15) is 47.5 Å². The number of hydrogen-bond acceptors (Lipinski definition) is 2. The van der Waals surface area contributed by atoms with Crippen LogP contribution < -0.4 is 0 Å². The molecule has 0 N–H and O–H groups in total. The van der Waals surface area contributed by atoms with E-state index < -0.39 is 5.41 Å². The number of methoxy groups -OCH3 is 1. The van der Waals surface area contributed by atoms with Crippen LogP contribution >= 0.6 is 0 Å². The molecule has 0 aromatic rings. The van der Waals surface area contributed by atoms with E-state index in [0.29, 0.717) is 0 Å². The summed E-state index contributed by atoms with van der Waals surface area (Å²) in [5.41, 5.74) is -0.385. The molecule has 0 spiro atoms. The Labute approximate surface area is 93.7 Å². The highest BCUT2D eigenvalue weighted by Crippen LogP contribution is 2.35. The zero-order chi connectivity index (χ0) is 12.1. The first-order valence-electron chi connectivity index (χ1n) is 5.51. The first-order chi connectivity index (χ1) is 6.75. The summed E-state index contributed by atoms with van der Waals surface area (Å²) in [4.78, 5) is 11.5. The molecule has 0 aromatic heterocycles. The normalized spacial score (nSPS) is 13.2. The van der Waals surface area contributed by atoms with Gasteiger partial charge in [-0.25, -0.2) is 0 Å². The molecule has 0 aliphatic heterocycles. The topological polar surface area (TPSA) is 26.3 Å². The average molecular weight is 212 g/mol. The molecule has 0 bridgehead atoms. The van der Waals surface area contributed by atoms with Crippen molar-refractivity contribution in [2.45, 2.75) is 47.5 Å². The maximum Gasteiger partial charge on any atom is 0.311 e. The van der Waals surface area contributed by atoms with Gasteiger partial charge in [0.1, 0.15) is 0 Å². The Bertz CT molecular complexity index is 237. The molecule has 0 heterocycles. The highest BCUT2D eigenvalue weighted by molar-refractivity contribution is 5.75. The summed E-state index contributed by atoms with van der Waals surface area (Å²) in [7, 11) is 1.44. The van der Waals surface area contributed by atoms with E-state index >= 15 is 0 Å². The molecule has 88 valence electrons. The van der Waals surface area contributed by atoms with Crippen molar-refractivity contribution in [1.29, 1.82) is 0 Å². The molecule has 0 rings (SSSR count). The lowest BCUT2D eigenvalue weighted by atomic mass is 9.75. The van der Waals surface area contributed by atoms with Crippen LogP contribution in [-0.4, -0.2) is 13.1 Å². The van der Waals surface area contributed by atoms with Crippen LogP contribution in [0.25, 0.3) is 0 Å². The minimum atomic E-state index is -0.420. The fourth-order valence-corrected chi connectivity index (χ4v) is 1.98. The van der Waals surface area contributed by atoms with E-state index in [1.807, 2.05) is 13.8 Å². The first kappa shape index (κ1) is 14.2. The molecule has 0 radical (unpaired) electrons. The number of esters is 1. The molecule has 0 saturated carbocycles. The predicted molar refractivity (Wildman–Crippen MR) is 63.6 cm³/mol. The van der Waals surface area contributed by atoms with Crippen molar-refractivity contribution >= 4 is 5.97 Å². The van der Waals surface area contributed by atoms with E-state index in [9.17, 15) is 4.79 Å². The monoisotopic (exact) mass is 212 g/mol. The standard InChI is InChI=1S/C13H24O2/c1-7-8-9-12(2,3)10-13(4,5)11(14)15-6/h8-9H,7,10H2,1-6H3/b9-8+. The summed E-state index contributed by atoms with van der Waals surface area (Å²) < 4.78 is 4.80. The third-order valence-electron chi connectivity index (χ3n) is 2.44. The van der Waals surface area contributed by atoms with Crippen molar-refractivity contribution in [3.05, 3.63) is 12.2 Å². The van der Waals surface area contributed by atoms with E-state index in [1.165, 1.54) is 7.11 Å².